The Kier molecular flexibility index (Phi) is 1.61. The van der Waals surface area contributed by atoms with Crippen molar-refractivity contribution in [2.45, 2.75) is 13.3 Å². The molecule has 11 heavy (non-hydrogen) atoms. The Hall–Kier alpha value is -0.560. The van der Waals surface area contributed by atoms with Crippen molar-refractivity contribution in [1.29, 1.82) is 0 Å². The van der Waals surface area contributed by atoms with E-state index in [0.717, 1.165) is 6.42 Å². The molecule has 2 rings (SSSR count). The van der Waals surface area contributed by atoms with E-state index in [1.54, 1.807) is 0 Å². The van der Waals surface area contributed by atoms with Crippen molar-refractivity contribution >= 4 is 22.0 Å². The van der Waals surface area contributed by atoms with E-state index in [1.165, 1.54) is 21.2 Å². The van der Waals surface area contributed by atoms with E-state index in [1.807, 2.05) is 0 Å². The van der Waals surface area contributed by atoms with Gasteiger partial charge in [0, 0.05) is 4.47 Å². The zero-order valence-corrected chi connectivity index (χ0v) is 7.98. The molecule has 1 aliphatic rings. The van der Waals surface area contributed by atoms with Gasteiger partial charge in [0.15, 0.2) is 0 Å². The van der Waals surface area contributed by atoms with Crippen molar-refractivity contribution in [3.05, 3.63) is 39.4 Å². The summed E-state index contributed by atoms with van der Waals surface area (Å²) in [6.45, 7) is 2.13. The van der Waals surface area contributed by atoms with E-state index in [4.69, 9.17) is 0 Å². The Labute approximate surface area is 75.1 Å². The number of aryl methyl sites for hydroxylation is 1. The fraction of sp³-hybridized carbons (Fsp3) is 0.200. The SMILES string of the molecule is Cc1ccc2c(c1Br)CC=C2. The van der Waals surface area contributed by atoms with E-state index in [2.05, 4.69) is 47.1 Å². The second kappa shape index (κ2) is 2.49. The minimum Gasteiger partial charge on any atom is -0.0795 e. The van der Waals surface area contributed by atoms with Gasteiger partial charge < -0.3 is 0 Å². The van der Waals surface area contributed by atoms with Crippen LogP contribution < -0.4 is 0 Å². The van der Waals surface area contributed by atoms with Gasteiger partial charge in [-0.2, -0.15) is 0 Å². The van der Waals surface area contributed by atoms with Gasteiger partial charge >= 0.3 is 0 Å². The zero-order valence-electron chi connectivity index (χ0n) is 6.39. The highest BCUT2D eigenvalue weighted by Crippen LogP contribution is 2.29. The number of rotatable bonds is 0. The molecule has 0 amide bonds. The largest absolute Gasteiger partial charge is 0.0795 e. The summed E-state index contributed by atoms with van der Waals surface area (Å²) in [6.07, 6.45) is 5.46. The maximum absolute atomic E-state index is 3.59. The molecular weight excluding hydrogens is 200 g/mol. The Balaban J connectivity index is 2.67. The van der Waals surface area contributed by atoms with Crippen molar-refractivity contribution in [3.8, 4) is 0 Å². The fourth-order valence-electron chi connectivity index (χ4n) is 1.42. The number of hydrogen-bond donors (Lipinski definition) is 0. The molecule has 0 atom stereocenters. The molecule has 0 N–H and O–H groups in total. The molecule has 0 aliphatic heterocycles. The van der Waals surface area contributed by atoms with E-state index in [9.17, 15) is 0 Å². The van der Waals surface area contributed by atoms with Crippen LogP contribution in [-0.4, -0.2) is 0 Å². The summed E-state index contributed by atoms with van der Waals surface area (Å²) in [5.41, 5.74) is 4.12. The number of benzene rings is 1. The highest BCUT2D eigenvalue weighted by molar-refractivity contribution is 9.10. The standard InChI is InChI=1S/C10H9Br/c1-7-5-6-8-3-2-4-9(8)10(7)11/h2-3,5-6H,4H2,1H3. The lowest BCUT2D eigenvalue weighted by atomic mass is 10.1. The summed E-state index contributed by atoms with van der Waals surface area (Å²) in [4.78, 5) is 0. The Morgan fingerprint density at radius 2 is 2.18 bits per heavy atom. The number of allylic oxidation sites excluding steroid dienone is 1. The second-order valence-electron chi connectivity index (χ2n) is 2.87. The van der Waals surface area contributed by atoms with Crippen molar-refractivity contribution in [2.24, 2.45) is 0 Å². The summed E-state index contributed by atoms with van der Waals surface area (Å²) >= 11 is 3.59. The summed E-state index contributed by atoms with van der Waals surface area (Å²) in [5, 5.41) is 0. The molecule has 1 aromatic rings. The van der Waals surface area contributed by atoms with E-state index in [-0.39, 0.29) is 0 Å². The van der Waals surface area contributed by atoms with Crippen molar-refractivity contribution in [1.82, 2.24) is 0 Å². The second-order valence-corrected chi connectivity index (χ2v) is 3.66. The third kappa shape index (κ3) is 1.04. The van der Waals surface area contributed by atoms with Gasteiger partial charge in [-0.05, 0) is 30.0 Å². The van der Waals surface area contributed by atoms with Crippen molar-refractivity contribution < 1.29 is 0 Å². The Morgan fingerprint density at radius 3 is 3.00 bits per heavy atom. The molecule has 0 fully saturated rings. The van der Waals surface area contributed by atoms with Gasteiger partial charge in [0.05, 0.1) is 0 Å². The normalized spacial score (nSPS) is 13.6. The third-order valence-electron chi connectivity index (χ3n) is 2.09. The summed E-state index contributed by atoms with van der Waals surface area (Å²) in [7, 11) is 0. The summed E-state index contributed by atoms with van der Waals surface area (Å²) < 4.78 is 1.28. The smallest absolute Gasteiger partial charge is 0.0245 e. The fourth-order valence-corrected chi connectivity index (χ4v) is 1.94. The first-order chi connectivity index (χ1) is 5.29. The van der Waals surface area contributed by atoms with Gasteiger partial charge in [-0.25, -0.2) is 0 Å². The summed E-state index contributed by atoms with van der Waals surface area (Å²) in [5.74, 6) is 0. The lowest BCUT2D eigenvalue weighted by molar-refractivity contribution is 1.25. The number of hydrogen-bond acceptors (Lipinski definition) is 0. The average molecular weight is 209 g/mol. The highest BCUT2D eigenvalue weighted by Gasteiger charge is 2.09. The maximum Gasteiger partial charge on any atom is 0.0245 e. The zero-order chi connectivity index (χ0) is 7.84. The van der Waals surface area contributed by atoms with Gasteiger partial charge in [-0.3, -0.25) is 0 Å². The van der Waals surface area contributed by atoms with Gasteiger partial charge in [-0.15, -0.1) is 0 Å². The van der Waals surface area contributed by atoms with Crippen LogP contribution in [0.3, 0.4) is 0 Å². The van der Waals surface area contributed by atoms with Gasteiger partial charge in [0.1, 0.15) is 0 Å². The van der Waals surface area contributed by atoms with Crippen LogP contribution in [-0.2, 0) is 6.42 Å². The first-order valence-electron chi connectivity index (χ1n) is 3.73. The van der Waals surface area contributed by atoms with Gasteiger partial charge in [0.2, 0.25) is 0 Å². The molecule has 0 radical (unpaired) electrons. The van der Waals surface area contributed by atoms with E-state index in [0.29, 0.717) is 0 Å². The predicted molar refractivity (Wildman–Crippen MR) is 51.6 cm³/mol. The topological polar surface area (TPSA) is 0 Å². The van der Waals surface area contributed by atoms with Gasteiger partial charge in [0.25, 0.3) is 0 Å². The minimum atomic E-state index is 1.08. The van der Waals surface area contributed by atoms with Crippen molar-refractivity contribution in [2.75, 3.05) is 0 Å². The van der Waals surface area contributed by atoms with Crippen LogP contribution in [0, 0.1) is 6.92 Å². The molecule has 1 heteroatoms. The monoisotopic (exact) mass is 208 g/mol. The Bertz CT molecular complexity index is 324. The third-order valence-corrected chi connectivity index (χ3v) is 3.20. The van der Waals surface area contributed by atoms with E-state index < -0.39 is 0 Å². The molecule has 56 valence electrons. The molecule has 0 saturated carbocycles. The van der Waals surface area contributed by atoms with Crippen LogP contribution in [0.1, 0.15) is 16.7 Å². The molecule has 0 aromatic heterocycles. The van der Waals surface area contributed by atoms with Crippen LogP contribution in [0.4, 0.5) is 0 Å². The lowest BCUT2D eigenvalue weighted by Crippen LogP contribution is -1.86. The number of halogens is 1. The van der Waals surface area contributed by atoms with E-state index >= 15 is 0 Å². The average Bonchev–Trinajstić information content (AvgIpc) is 2.45. The molecule has 0 unspecified atom stereocenters. The summed E-state index contributed by atoms with van der Waals surface area (Å²) in [6, 6.07) is 4.33. The quantitative estimate of drug-likeness (QED) is 0.614. The van der Waals surface area contributed by atoms with Crippen LogP contribution >= 0.6 is 15.9 Å². The Morgan fingerprint density at radius 1 is 1.36 bits per heavy atom. The predicted octanol–water partition coefficient (Wildman–Crippen LogP) is 3.33. The van der Waals surface area contributed by atoms with Crippen LogP contribution in [0.25, 0.3) is 6.08 Å². The molecule has 0 heterocycles. The molecule has 0 bridgehead atoms. The lowest BCUT2D eigenvalue weighted by Gasteiger charge is -2.04. The molecule has 1 aliphatic carbocycles. The van der Waals surface area contributed by atoms with Gasteiger partial charge in [-0.1, -0.05) is 40.2 Å². The maximum atomic E-state index is 3.59. The minimum absolute atomic E-state index is 1.08. The highest BCUT2D eigenvalue weighted by atomic mass is 79.9. The van der Waals surface area contributed by atoms with Crippen LogP contribution in [0.2, 0.25) is 0 Å². The first kappa shape index (κ1) is 7.11. The molecular formula is C10H9Br. The molecule has 0 nitrogen and oxygen atoms in total. The van der Waals surface area contributed by atoms with Crippen LogP contribution in [0.15, 0.2) is 22.7 Å². The molecule has 0 spiro atoms. The first-order valence-corrected chi connectivity index (χ1v) is 4.53. The van der Waals surface area contributed by atoms with Crippen LogP contribution in [0.5, 0.6) is 0 Å². The molecule has 0 saturated heterocycles. The number of fused-ring (bicyclic) bond motifs is 1. The van der Waals surface area contributed by atoms with Crippen molar-refractivity contribution in [3.63, 3.8) is 0 Å². The molecule has 1 aromatic carbocycles.